The van der Waals surface area contributed by atoms with Gasteiger partial charge in [-0.15, -0.1) is 0 Å². The van der Waals surface area contributed by atoms with Gasteiger partial charge >= 0.3 is 17.9 Å². The van der Waals surface area contributed by atoms with E-state index in [1.54, 1.807) is 0 Å². The van der Waals surface area contributed by atoms with Crippen molar-refractivity contribution in [1.29, 1.82) is 0 Å². The maximum absolute atomic E-state index is 10.9. The van der Waals surface area contributed by atoms with Gasteiger partial charge < -0.3 is 26.8 Å². The van der Waals surface area contributed by atoms with Crippen LogP contribution in [0.3, 0.4) is 0 Å². The Hall–Kier alpha value is -2.98. The first-order valence-electron chi connectivity index (χ1n) is 8.03. The number of aliphatic carboxylic acids is 3. The Balaban J connectivity index is 0.000000636. The Morgan fingerprint density at radius 1 is 1.04 bits per heavy atom. The zero-order chi connectivity index (χ0) is 21.0. The number of hydrogen-bond acceptors (Lipinski definition) is 6. The lowest BCUT2D eigenvalue weighted by Gasteiger charge is -2.24. The maximum atomic E-state index is 10.9. The van der Waals surface area contributed by atoms with E-state index < -0.39 is 35.9 Å². The second-order valence-electron chi connectivity index (χ2n) is 5.73. The molecule has 0 saturated carbocycles. The van der Waals surface area contributed by atoms with E-state index in [1.807, 2.05) is 30.3 Å². The van der Waals surface area contributed by atoms with E-state index in [0.29, 0.717) is 13.0 Å². The van der Waals surface area contributed by atoms with Gasteiger partial charge in [0, 0.05) is 6.54 Å². The minimum absolute atomic E-state index is 0.264. The van der Waals surface area contributed by atoms with Crippen LogP contribution in [0.25, 0.3) is 0 Å². The van der Waals surface area contributed by atoms with Gasteiger partial charge in [0.05, 0.1) is 13.0 Å². The molecule has 0 unspecified atom stereocenters. The number of benzene rings is 1. The van der Waals surface area contributed by atoms with Gasteiger partial charge in [0.1, 0.15) is 12.1 Å². The Morgan fingerprint density at radius 3 is 1.96 bits per heavy atom. The lowest BCUT2D eigenvalue weighted by molar-refractivity contribution is -0.145. The molecule has 7 N–H and O–H groups in total. The molecule has 2 atom stereocenters. The average Bonchev–Trinajstić information content (AvgIpc) is 2.58. The Kier molecular flexibility index (Phi) is 11.0. The molecule has 0 saturated heterocycles. The molecule has 1 aromatic carbocycles. The van der Waals surface area contributed by atoms with Crippen LogP contribution in [-0.4, -0.2) is 69.2 Å². The first kappa shape index (κ1) is 24.0. The van der Waals surface area contributed by atoms with Crippen LogP contribution in [0, 0.1) is 0 Å². The molecule has 10 heteroatoms. The van der Waals surface area contributed by atoms with Crippen molar-refractivity contribution in [3.05, 3.63) is 35.9 Å². The molecule has 0 aliphatic carbocycles. The molecular formula is C17H25N3O7. The van der Waals surface area contributed by atoms with Crippen LogP contribution in [0.2, 0.25) is 0 Å². The van der Waals surface area contributed by atoms with Crippen LogP contribution in [-0.2, 0) is 25.6 Å². The predicted octanol–water partition coefficient (Wildman–Crippen LogP) is -0.637. The van der Waals surface area contributed by atoms with Crippen LogP contribution in [0.4, 0.5) is 0 Å². The molecule has 0 bridgehead atoms. The molecule has 10 nitrogen and oxygen atoms in total. The van der Waals surface area contributed by atoms with E-state index >= 15 is 0 Å². The number of hydrogen-bond donors (Lipinski definition) is 5. The number of rotatable bonds is 10. The number of carbonyl (C=O) groups excluding carboxylic acids is 1. The van der Waals surface area contributed by atoms with E-state index in [4.69, 9.17) is 21.1 Å². The number of carboxylic acids is 3. The summed E-state index contributed by atoms with van der Waals surface area (Å²) in [6.45, 7) is 1.64. The van der Waals surface area contributed by atoms with Crippen molar-refractivity contribution in [1.82, 2.24) is 4.90 Å². The number of amides is 1. The molecule has 1 aromatic rings. The molecular weight excluding hydrogens is 358 g/mol. The highest BCUT2D eigenvalue weighted by Gasteiger charge is 2.22. The summed E-state index contributed by atoms with van der Waals surface area (Å²) in [6, 6.07) is 7.61. The van der Waals surface area contributed by atoms with E-state index in [2.05, 4.69) is 5.73 Å². The van der Waals surface area contributed by atoms with E-state index in [0.717, 1.165) is 5.56 Å². The third-order valence-corrected chi connectivity index (χ3v) is 3.51. The minimum atomic E-state index is -1.21. The predicted molar refractivity (Wildman–Crippen MR) is 95.9 cm³/mol. The SMILES string of the molecule is C[C@H](C(=O)O)N(CCc1ccccc1)CC(=O)O.NC(=O)C[C@H](N)C(=O)O. The highest BCUT2D eigenvalue weighted by Crippen LogP contribution is 2.05. The van der Waals surface area contributed by atoms with Crippen LogP contribution in [0.5, 0.6) is 0 Å². The summed E-state index contributed by atoms with van der Waals surface area (Å²) in [7, 11) is 0. The van der Waals surface area contributed by atoms with E-state index in [9.17, 15) is 19.2 Å². The Morgan fingerprint density at radius 2 is 1.59 bits per heavy atom. The summed E-state index contributed by atoms with van der Waals surface area (Å²) in [5.74, 6) is -3.95. The summed E-state index contributed by atoms with van der Waals surface area (Å²) in [5.41, 5.74) is 10.6. The number of primary amides is 1. The van der Waals surface area contributed by atoms with Crippen molar-refractivity contribution in [2.75, 3.05) is 13.1 Å². The first-order chi connectivity index (χ1) is 12.5. The van der Waals surface area contributed by atoms with Crippen molar-refractivity contribution in [2.45, 2.75) is 31.8 Å². The van der Waals surface area contributed by atoms with Crippen LogP contribution >= 0.6 is 0 Å². The zero-order valence-electron chi connectivity index (χ0n) is 14.9. The first-order valence-corrected chi connectivity index (χ1v) is 8.03. The fourth-order valence-electron chi connectivity index (χ4n) is 1.96. The van der Waals surface area contributed by atoms with Crippen molar-refractivity contribution in [3.63, 3.8) is 0 Å². The van der Waals surface area contributed by atoms with Gasteiger partial charge in [-0.2, -0.15) is 0 Å². The van der Waals surface area contributed by atoms with Gasteiger partial charge in [-0.25, -0.2) is 0 Å². The molecule has 1 amide bonds. The van der Waals surface area contributed by atoms with Crippen molar-refractivity contribution in [2.24, 2.45) is 11.5 Å². The van der Waals surface area contributed by atoms with Crippen LogP contribution < -0.4 is 11.5 Å². The zero-order valence-corrected chi connectivity index (χ0v) is 14.9. The molecule has 0 spiro atoms. The maximum Gasteiger partial charge on any atom is 0.321 e. The number of carboxylic acid groups (broad SMARTS) is 3. The smallest absolute Gasteiger partial charge is 0.321 e. The minimum Gasteiger partial charge on any atom is -0.480 e. The summed E-state index contributed by atoms with van der Waals surface area (Å²) in [5, 5.41) is 25.8. The van der Waals surface area contributed by atoms with Gasteiger partial charge in [-0.05, 0) is 18.9 Å². The van der Waals surface area contributed by atoms with E-state index in [-0.39, 0.29) is 13.0 Å². The normalized spacial score (nSPS) is 12.4. The van der Waals surface area contributed by atoms with Crippen LogP contribution in [0.1, 0.15) is 18.9 Å². The Labute approximate surface area is 156 Å². The highest BCUT2D eigenvalue weighted by atomic mass is 16.4. The van der Waals surface area contributed by atoms with Gasteiger partial charge in [-0.1, -0.05) is 30.3 Å². The lowest BCUT2D eigenvalue weighted by atomic mass is 10.1. The summed E-state index contributed by atoms with van der Waals surface area (Å²) >= 11 is 0. The molecule has 0 heterocycles. The summed E-state index contributed by atoms with van der Waals surface area (Å²) in [6.07, 6.45) is 0.321. The highest BCUT2D eigenvalue weighted by molar-refractivity contribution is 5.83. The van der Waals surface area contributed by atoms with Crippen molar-refractivity contribution < 1.29 is 34.5 Å². The fraction of sp³-hybridized carbons (Fsp3) is 0.412. The number of nitrogens with two attached hydrogens (primary N) is 2. The van der Waals surface area contributed by atoms with Crippen LogP contribution in [0.15, 0.2) is 30.3 Å². The molecule has 150 valence electrons. The lowest BCUT2D eigenvalue weighted by Crippen LogP contribution is -2.43. The van der Waals surface area contributed by atoms with Crippen molar-refractivity contribution >= 4 is 23.8 Å². The third-order valence-electron chi connectivity index (χ3n) is 3.51. The molecule has 0 aromatic heterocycles. The quantitative estimate of drug-likeness (QED) is 0.350. The second-order valence-corrected chi connectivity index (χ2v) is 5.73. The topological polar surface area (TPSA) is 184 Å². The standard InChI is InChI=1S/C13H17NO4.C4H8N2O3/c1-10(13(17)18)14(9-12(15)16)8-7-11-5-3-2-4-6-11;5-2(4(8)9)1-3(6)7/h2-6,10H,7-9H2,1H3,(H,15,16)(H,17,18);2H,1,5H2,(H2,6,7)(H,8,9)/t10-;2-/m10/s1. The largest absolute Gasteiger partial charge is 0.480 e. The third kappa shape index (κ3) is 11.3. The van der Waals surface area contributed by atoms with Gasteiger partial charge in [-0.3, -0.25) is 24.1 Å². The number of nitrogens with zero attached hydrogens (tertiary/aromatic N) is 1. The molecule has 0 radical (unpaired) electrons. The molecule has 1 rings (SSSR count). The second kappa shape index (κ2) is 12.4. The monoisotopic (exact) mass is 383 g/mol. The average molecular weight is 383 g/mol. The fourth-order valence-corrected chi connectivity index (χ4v) is 1.96. The number of carbonyl (C=O) groups is 4. The summed E-state index contributed by atoms with van der Waals surface area (Å²) in [4.78, 5) is 42.9. The summed E-state index contributed by atoms with van der Waals surface area (Å²) < 4.78 is 0. The van der Waals surface area contributed by atoms with Crippen molar-refractivity contribution in [3.8, 4) is 0 Å². The molecule has 27 heavy (non-hydrogen) atoms. The molecule has 0 aliphatic heterocycles. The van der Waals surface area contributed by atoms with Gasteiger partial charge in [0.2, 0.25) is 5.91 Å². The Bertz CT molecular complexity index is 637. The molecule has 0 fully saturated rings. The van der Waals surface area contributed by atoms with Gasteiger partial charge in [0.25, 0.3) is 0 Å². The van der Waals surface area contributed by atoms with Gasteiger partial charge in [0.15, 0.2) is 0 Å². The molecule has 0 aliphatic rings. The van der Waals surface area contributed by atoms with E-state index in [1.165, 1.54) is 11.8 Å².